The average Bonchev–Trinajstić information content (AvgIpc) is 3.52. The number of piperazine rings is 1. The largest absolute Gasteiger partial charge is 0.490 e. The summed E-state index contributed by atoms with van der Waals surface area (Å²) in [5.74, 6) is 4.76. The Morgan fingerprint density at radius 1 is 1.26 bits per heavy atom. The minimum atomic E-state index is -4.55. The zero-order valence-corrected chi connectivity index (χ0v) is 18.9. The van der Waals surface area contributed by atoms with Gasteiger partial charge in [-0.1, -0.05) is 11.1 Å². The number of H-pyrrole nitrogens is 1. The van der Waals surface area contributed by atoms with Crippen LogP contribution in [-0.2, 0) is 11.0 Å². The minimum absolute atomic E-state index is 0.00682. The summed E-state index contributed by atoms with van der Waals surface area (Å²) in [6, 6.07) is 4.64. The second kappa shape index (κ2) is 10.6. The zero-order valence-electron chi connectivity index (χ0n) is 18.9. The Labute approximate surface area is 199 Å². The number of nitrogens with one attached hydrogen (secondary N) is 2. The normalized spacial score (nSPS) is 14.9. The van der Waals surface area contributed by atoms with Crippen molar-refractivity contribution in [2.45, 2.75) is 6.18 Å². The summed E-state index contributed by atoms with van der Waals surface area (Å²) < 4.78 is 49.5. The first kappa shape index (κ1) is 24.3. The van der Waals surface area contributed by atoms with Crippen LogP contribution in [0.15, 0.2) is 41.4 Å². The highest BCUT2D eigenvalue weighted by Gasteiger charge is 2.33. The summed E-state index contributed by atoms with van der Waals surface area (Å²) in [4.78, 5) is 23.0. The van der Waals surface area contributed by atoms with E-state index in [0.29, 0.717) is 30.0 Å². The molecule has 0 atom stereocenters. The summed E-state index contributed by atoms with van der Waals surface area (Å²) in [5, 5.41) is 6.15. The molecule has 4 rings (SSSR count). The predicted octanol–water partition coefficient (Wildman–Crippen LogP) is 2.70. The molecule has 0 bridgehead atoms. The van der Waals surface area contributed by atoms with Gasteiger partial charge in [0, 0.05) is 44.2 Å². The van der Waals surface area contributed by atoms with Crippen LogP contribution in [-0.4, -0.2) is 77.2 Å². The number of benzene rings is 1. The molecule has 1 aliphatic rings. The monoisotopic (exact) mass is 488 g/mol. The third-order valence-electron chi connectivity index (χ3n) is 5.40. The van der Waals surface area contributed by atoms with E-state index in [4.69, 9.17) is 4.74 Å². The standard InChI is InChI=1S/C23H23F3N6O3/c1-31-6-8-32(9-7-31)10-11-34-19-4-3-17(22-27-14-20(30-22)23(24,25)26)12-18(19)29-21(33)5-2-16-13-28-35-15-16/h3-4,12-15H,6-11H2,1H3,(H,27,30)(H,29,33). The molecular formula is C23H23F3N6O3. The van der Waals surface area contributed by atoms with Crippen LogP contribution in [0.3, 0.4) is 0 Å². The zero-order chi connectivity index (χ0) is 24.8. The van der Waals surface area contributed by atoms with Gasteiger partial charge in [-0.3, -0.25) is 9.69 Å². The van der Waals surface area contributed by atoms with Crippen molar-refractivity contribution in [3.05, 3.63) is 48.1 Å². The molecule has 3 aromatic rings. The number of aromatic amines is 1. The maximum Gasteiger partial charge on any atom is 0.432 e. The molecule has 0 unspecified atom stereocenters. The summed E-state index contributed by atoms with van der Waals surface area (Å²) in [5.41, 5.74) is 0.0580. The van der Waals surface area contributed by atoms with E-state index >= 15 is 0 Å². The molecule has 2 aromatic heterocycles. The maximum absolute atomic E-state index is 13.0. The van der Waals surface area contributed by atoms with Gasteiger partial charge < -0.3 is 24.5 Å². The molecule has 0 saturated carbocycles. The number of anilines is 1. The second-order valence-corrected chi connectivity index (χ2v) is 7.96. The van der Waals surface area contributed by atoms with Gasteiger partial charge in [0.25, 0.3) is 0 Å². The lowest BCUT2D eigenvalue weighted by Crippen LogP contribution is -2.45. The van der Waals surface area contributed by atoms with E-state index in [2.05, 4.69) is 53.7 Å². The summed E-state index contributed by atoms with van der Waals surface area (Å²) in [6.45, 7) is 4.89. The highest BCUT2D eigenvalue weighted by atomic mass is 19.4. The number of rotatable bonds is 6. The third kappa shape index (κ3) is 6.62. The predicted molar refractivity (Wildman–Crippen MR) is 120 cm³/mol. The van der Waals surface area contributed by atoms with Gasteiger partial charge in [0.15, 0.2) is 0 Å². The van der Waals surface area contributed by atoms with E-state index in [-0.39, 0.29) is 11.5 Å². The number of amides is 1. The molecule has 3 heterocycles. The fraction of sp³-hybridized carbons (Fsp3) is 0.348. The molecule has 12 heteroatoms. The van der Waals surface area contributed by atoms with Crippen LogP contribution in [0.4, 0.5) is 18.9 Å². The van der Waals surface area contributed by atoms with E-state index in [9.17, 15) is 18.0 Å². The van der Waals surface area contributed by atoms with Gasteiger partial charge in [-0.25, -0.2) is 4.98 Å². The van der Waals surface area contributed by atoms with E-state index in [1.165, 1.54) is 18.5 Å². The summed E-state index contributed by atoms with van der Waals surface area (Å²) in [6.07, 6.45) is -1.17. The van der Waals surface area contributed by atoms with Crippen LogP contribution in [0.2, 0.25) is 0 Å². The van der Waals surface area contributed by atoms with Crippen LogP contribution >= 0.6 is 0 Å². The molecule has 1 amide bonds. The van der Waals surface area contributed by atoms with E-state index in [0.717, 1.165) is 32.4 Å². The molecule has 184 valence electrons. The van der Waals surface area contributed by atoms with Crippen LogP contribution < -0.4 is 10.1 Å². The molecule has 1 aromatic carbocycles. The number of hydrogen-bond donors (Lipinski definition) is 2. The lowest BCUT2D eigenvalue weighted by atomic mass is 10.1. The maximum atomic E-state index is 13.0. The second-order valence-electron chi connectivity index (χ2n) is 7.96. The number of imidazole rings is 1. The lowest BCUT2D eigenvalue weighted by molar-refractivity contribution is -0.140. The third-order valence-corrected chi connectivity index (χ3v) is 5.40. The highest BCUT2D eigenvalue weighted by molar-refractivity contribution is 6.05. The first-order valence-electron chi connectivity index (χ1n) is 10.8. The van der Waals surface area contributed by atoms with Crippen molar-refractivity contribution in [2.75, 3.05) is 51.7 Å². The van der Waals surface area contributed by atoms with Gasteiger partial charge in [-0.05, 0) is 25.2 Å². The van der Waals surface area contributed by atoms with Crippen molar-refractivity contribution in [3.8, 4) is 29.0 Å². The molecule has 1 aliphatic heterocycles. The molecule has 0 aliphatic carbocycles. The van der Waals surface area contributed by atoms with Gasteiger partial charge in [-0.2, -0.15) is 13.2 Å². The minimum Gasteiger partial charge on any atom is -0.490 e. The molecule has 9 nitrogen and oxygen atoms in total. The first-order valence-corrected chi connectivity index (χ1v) is 10.8. The summed E-state index contributed by atoms with van der Waals surface area (Å²) >= 11 is 0. The number of nitrogens with zero attached hydrogens (tertiary/aromatic N) is 4. The van der Waals surface area contributed by atoms with Gasteiger partial charge in [0.2, 0.25) is 0 Å². The van der Waals surface area contributed by atoms with E-state index in [1.54, 1.807) is 12.1 Å². The highest BCUT2D eigenvalue weighted by Crippen LogP contribution is 2.32. The average molecular weight is 488 g/mol. The van der Waals surface area contributed by atoms with E-state index in [1.807, 2.05) is 0 Å². The molecule has 0 spiro atoms. The molecular weight excluding hydrogens is 465 g/mol. The molecule has 1 saturated heterocycles. The topological polar surface area (TPSA) is 99.5 Å². The fourth-order valence-corrected chi connectivity index (χ4v) is 3.42. The molecule has 35 heavy (non-hydrogen) atoms. The number of carbonyl (C=O) groups is 1. The number of carbonyl (C=O) groups excluding carboxylic acids is 1. The van der Waals surface area contributed by atoms with Crippen molar-refractivity contribution >= 4 is 11.6 Å². The Kier molecular flexibility index (Phi) is 7.38. The van der Waals surface area contributed by atoms with Gasteiger partial charge in [0.1, 0.15) is 30.1 Å². The van der Waals surface area contributed by atoms with Crippen molar-refractivity contribution in [1.82, 2.24) is 24.9 Å². The Balaban J connectivity index is 1.51. The van der Waals surface area contributed by atoms with Crippen LogP contribution in [0, 0.1) is 11.8 Å². The fourth-order valence-electron chi connectivity index (χ4n) is 3.42. The van der Waals surface area contributed by atoms with Crippen LogP contribution in [0.5, 0.6) is 5.75 Å². The number of aromatic nitrogens is 3. The van der Waals surface area contributed by atoms with Gasteiger partial charge in [0.05, 0.1) is 23.6 Å². The summed E-state index contributed by atoms with van der Waals surface area (Å²) in [7, 11) is 2.08. The number of likely N-dealkylation sites (N-methyl/N-ethyl adjacent to an activating group) is 1. The SMILES string of the molecule is CN1CCN(CCOc2ccc(-c3ncc(C(F)(F)F)[nH]3)cc2NC(=O)C#Cc2cnoc2)CC1. The Bertz CT molecular complexity index is 1210. The Hall–Kier alpha value is -3.82. The first-order chi connectivity index (χ1) is 16.8. The van der Waals surface area contributed by atoms with Gasteiger partial charge in [-0.15, -0.1) is 0 Å². The van der Waals surface area contributed by atoms with Crippen LogP contribution in [0.1, 0.15) is 11.3 Å². The number of hydrogen-bond acceptors (Lipinski definition) is 7. The van der Waals surface area contributed by atoms with Crippen molar-refractivity contribution in [3.63, 3.8) is 0 Å². The van der Waals surface area contributed by atoms with Crippen molar-refractivity contribution in [2.24, 2.45) is 0 Å². The smallest absolute Gasteiger partial charge is 0.432 e. The van der Waals surface area contributed by atoms with Crippen molar-refractivity contribution in [1.29, 1.82) is 0 Å². The van der Waals surface area contributed by atoms with E-state index < -0.39 is 17.8 Å². The lowest BCUT2D eigenvalue weighted by Gasteiger charge is -2.32. The molecule has 0 radical (unpaired) electrons. The van der Waals surface area contributed by atoms with Crippen LogP contribution in [0.25, 0.3) is 11.4 Å². The van der Waals surface area contributed by atoms with Crippen molar-refractivity contribution < 1.29 is 27.2 Å². The Morgan fingerprint density at radius 3 is 2.74 bits per heavy atom. The van der Waals surface area contributed by atoms with Gasteiger partial charge >= 0.3 is 12.1 Å². The Morgan fingerprint density at radius 2 is 2.06 bits per heavy atom. The number of ether oxygens (including phenoxy) is 1. The quantitative estimate of drug-likeness (QED) is 0.515. The molecule has 2 N–H and O–H groups in total. The number of alkyl halides is 3. The number of halogens is 3. The molecule has 1 fully saturated rings.